The van der Waals surface area contributed by atoms with Crippen LogP contribution in [0, 0.1) is 6.92 Å². The van der Waals surface area contributed by atoms with Crippen molar-refractivity contribution in [2.45, 2.75) is 75.7 Å². The van der Waals surface area contributed by atoms with Gasteiger partial charge in [-0.1, -0.05) is 0 Å². The van der Waals surface area contributed by atoms with E-state index in [1.165, 1.54) is 4.57 Å². The van der Waals surface area contributed by atoms with Crippen LogP contribution >= 0.6 is 0 Å². The van der Waals surface area contributed by atoms with Gasteiger partial charge < -0.3 is 20.3 Å². The van der Waals surface area contributed by atoms with Gasteiger partial charge in [-0.05, 0) is 72.5 Å². The van der Waals surface area contributed by atoms with Gasteiger partial charge in [-0.15, -0.1) is 5.11 Å². The summed E-state index contributed by atoms with van der Waals surface area (Å²) in [5.41, 5.74) is 6.70. The van der Waals surface area contributed by atoms with Gasteiger partial charge in [-0.3, -0.25) is 14.3 Å². The number of quaternary nitrogens is 1. The van der Waals surface area contributed by atoms with Crippen molar-refractivity contribution in [1.82, 2.24) is 9.47 Å². The number of nitrogens with one attached hydrogen (secondary N) is 1. The van der Waals surface area contributed by atoms with E-state index >= 15 is 0 Å². The van der Waals surface area contributed by atoms with Gasteiger partial charge in [0, 0.05) is 18.2 Å². The monoisotopic (exact) mass is 498 g/mol. The van der Waals surface area contributed by atoms with Crippen LogP contribution in [0.5, 0.6) is 5.88 Å². The molecule has 0 bridgehead atoms. The molecule has 0 radical (unpaired) electrons. The Hall–Kier alpha value is -1.86. The van der Waals surface area contributed by atoms with Gasteiger partial charge in [0.1, 0.15) is 0 Å². The molecule has 0 aromatic carbocycles. The highest BCUT2D eigenvalue weighted by Gasteiger charge is 2.34. The molecule has 2 heterocycles. The molecule has 1 saturated heterocycles. The van der Waals surface area contributed by atoms with Crippen LogP contribution in [0.4, 0.5) is 11.4 Å². The maximum atomic E-state index is 13.4. The summed E-state index contributed by atoms with van der Waals surface area (Å²) in [6.07, 6.45) is 4.71. The molecule has 12 heteroatoms. The number of pyridine rings is 1. The highest BCUT2D eigenvalue weighted by molar-refractivity contribution is 7.86. The first-order chi connectivity index (χ1) is 16.0. The van der Waals surface area contributed by atoms with E-state index in [0.29, 0.717) is 37.1 Å². The Balaban J connectivity index is 2.03. The zero-order chi connectivity index (χ0) is 25.0. The first-order valence-corrected chi connectivity index (χ1v) is 13.5. The van der Waals surface area contributed by atoms with Crippen LogP contribution in [0.25, 0.3) is 0 Å². The fourth-order valence-corrected chi connectivity index (χ4v) is 6.10. The van der Waals surface area contributed by atoms with Crippen molar-refractivity contribution in [2.24, 2.45) is 16.0 Å². The average Bonchev–Trinajstić information content (AvgIpc) is 2.76. The second kappa shape index (κ2) is 11.3. The highest BCUT2D eigenvalue weighted by Crippen LogP contribution is 2.31. The zero-order valence-corrected chi connectivity index (χ0v) is 21.2. The minimum atomic E-state index is -4.61. The molecule has 2 fully saturated rings. The van der Waals surface area contributed by atoms with Crippen molar-refractivity contribution in [3.8, 4) is 5.88 Å². The Kier molecular flexibility index (Phi) is 8.85. The molecule has 0 spiro atoms. The number of hydrogen-bond donors (Lipinski definition) is 3. The largest absolute Gasteiger partial charge is 0.748 e. The molecule has 1 aromatic rings. The van der Waals surface area contributed by atoms with Crippen LogP contribution in [0.2, 0.25) is 0 Å². The predicted molar refractivity (Wildman–Crippen MR) is 128 cm³/mol. The summed E-state index contributed by atoms with van der Waals surface area (Å²) < 4.78 is 36.8. The molecule has 192 valence electrons. The number of nitrogens with zero attached hydrogens (tertiary/aromatic N) is 4. The van der Waals surface area contributed by atoms with Crippen LogP contribution in [0.1, 0.15) is 50.5 Å². The summed E-state index contributed by atoms with van der Waals surface area (Å²) in [4.78, 5) is 16.5. The number of aromatic hydroxyl groups is 1. The van der Waals surface area contributed by atoms with E-state index in [2.05, 4.69) is 10.2 Å². The second-order valence-electron chi connectivity index (χ2n) is 9.84. The first kappa shape index (κ1) is 26.7. The minimum Gasteiger partial charge on any atom is -0.748 e. The lowest BCUT2D eigenvalue weighted by Crippen LogP contribution is -3.08. The van der Waals surface area contributed by atoms with Gasteiger partial charge >= 0.3 is 0 Å². The Bertz CT molecular complexity index is 1050. The smallest absolute Gasteiger partial charge is 0.281 e. The summed E-state index contributed by atoms with van der Waals surface area (Å²) in [6.45, 7) is 4.50. The third-order valence-electron chi connectivity index (χ3n) is 6.93. The molecule has 3 rings (SSSR count). The van der Waals surface area contributed by atoms with E-state index in [-0.39, 0.29) is 24.0 Å². The van der Waals surface area contributed by atoms with Gasteiger partial charge in [-0.2, -0.15) is 5.11 Å². The average molecular weight is 499 g/mol. The molecule has 2 aliphatic rings. The molecule has 3 unspecified atom stereocenters. The predicted octanol–water partition coefficient (Wildman–Crippen LogP) is 0.392. The molecule has 1 saturated carbocycles. The third kappa shape index (κ3) is 6.22. The molecule has 0 amide bonds. The molecular formula is C22H38N6O5S. The fraction of sp³-hybridized carbons (Fsp3) is 0.773. The van der Waals surface area contributed by atoms with Crippen LogP contribution in [0.3, 0.4) is 0 Å². The van der Waals surface area contributed by atoms with E-state index in [9.17, 15) is 22.9 Å². The maximum Gasteiger partial charge on any atom is 0.281 e. The molecule has 1 aromatic heterocycles. The summed E-state index contributed by atoms with van der Waals surface area (Å²) in [6, 6.07) is -1.22. The normalized spacial score (nSPS) is 24.8. The van der Waals surface area contributed by atoms with Gasteiger partial charge in [-0.25, -0.2) is 8.42 Å². The van der Waals surface area contributed by atoms with Crippen molar-refractivity contribution in [1.29, 1.82) is 0 Å². The summed E-state index contributed by atoms with van der Waals surface area (Å²) in [7, 11) is -0.725. The Labute approximate surface area is 201 Å². The van der Waals surface area contributed by atoms with E-state index in [0.717, 1.165) is 43.8 Å². The van der Waals surface area contributed by atoms with E-state index < -0.39 is 27.0 Å². The number of hydrogen-bond acceptors (Lipinski definition) is 9. The van der Waals surface area contributed by atoms with Crippen LogP contribution in [-0.2, 0) is 16.7 Å². The fourth-order valence-electron chi connectivity index (χ4n) is 5.05. The van der Waals surface area contributed by atoms with Gasteiger partial charge in [0.05, 0.1) is 34.5 Å². The molecule has 4 N–H and O–H groups in total. The zero-order valence-electron chi connectivity index (χ0n) is 20.4. The number of nitrogens with two attached hydrogens (primary N) is 1. The Morgan fingerprint density at radius 1 is 1.24 bits per heavy atom. The van der Waals surface area contributed by atoms with Crippen molar-refractivity contribution >= 4 is 21.5 Å². The Morgan fingerprint density at radius 3 is 2.53 bits per heavy atom. The van der Waals surface area contributed by atoms with Crippen molar-refractivity contribution < 1.29 is 23.0 Å². The minimum absolute atomic E-state index is 0.0298. The standard InChI is InChI=1S/C22H38N6O5S/c1-15-19(25-24-17-9-8-16(23)14-18(17)34(31,32)33)21(29)28(13-7-10-26(2)3)22(30)20(15)27-11-5-4-6-12-27/h16-18,30H,4-14,23H2,1-3H3,(H,31,32,33). The highest BCUT2D eigenvalue weighted by atomic mass is 32.2. The topological polar surface area (TPSA) is 158 Å². The number of azo groups is 1. The van der Waals surface area contributed by atoms with Crippen molar-refractivity contribution in [2.75, 3.05) is 33.7 Å². The first-order valence-electron chi connectivity index (χ1n) is 12.1. The summed E-state index contributed by atoms with van der Waals surface area (Å²) >= 11 is 0. The SMILES string of the molecule is Cc1c([NH+]2CCCCC2)c(O)n(CCCN(C)C)c(=O)c1N=NC1CCC(N)CC1S(=O)(=O)[O-]. The maximum absolute atomic E-state index is 13.4. The summed E-state index contributed by atoms with van der Waals surface area (Å²) in [5.74, 6) is -0.0410. The van der Waals surface area contributed by atoms with Gasteiger partial charge in [0.25, 0.3) is 11.4 Å². The quantitative estimate of drug-likeness (QED) is 0.345. The van der Waals surface area contributed by atoms with E-state index in [4.69, 9.17) is 5.73 Å². The van der Waals surface area contributed by atoms with E-state index in [1.54, 1.807) is 6.92 Å². The second-order valence-corrected chi connectivity index (χ2v) is 11.4. The number of rotatable bonds is 8. The third-order valence-corrected chi connectivity index (χ3v) is 8.18. The van der Waals surface area contributed by atoms with E-state index in [1.807, 2.05) is 19.0 Å². The molecule has 1 aliphatic carbocycles. The molecule has 11 nitrogen and oxygen atoms in total. The lowest BCUT2D eigenvalue weighted by molar-refractivity contribution is -0.838. The lowest BCUT2D eigenvalue weighted by Gasteiger charge is -2.33. The number of piperidine rings is 1. The summed E-state index contributed by atoms with van der Waals surface area (Å²) in [5, 5.41) is 18.3. The van der Waals surface area contributed by atoms with Gasteiger partial charge in [0.2, 0.25) is 0 Å². The van der Waals surface area contributed by atoms with Crippen LogP contribution < -0.4 is 16.2 Å². The molecule has 1 aliphatic heterocycles. The van der Waals surface area contributed by atoms with Crippen LogP contribution in [0.15, 0.2) is 15.0 Å². The van der Waals surface area contributed by atoms with Gasteiger partial charge in [0.15, 0.2) is 11.4 Å². The van der Waals surface area contributed by atoms with Crippen molar-refractivity contribution in [3.63, 3.8) is 0 Å². The molecular weight excluding hydrogens is 460 g/mol. The number of aromatic nitrogens is 1. The van der Waals surface area contributed by atoms with Crippen LogP contribution in [-0.4, -0.2) is 78.6 Å². The Morgan fingerprint density at radius 2 is 1.91 bits per heavy atom. The van der Waals surface area contributed by atoms with Crippen molar-refractivity contribution in [3.05, 3.63) is 15.9 Å². The molecule has 3 atom stereocenters. The molecule has 34 heavy (non-hydrogen) atoms. The lowest BCUT2D eigenvalue weighted by atomic mass is 9.92.